The largest absolute Gasteiger partial charge is 0.515 e. The summed E-state index contributed by atoms with van der Waals surface area (Å²) in [5, 5.41) is 8.34. The van der Waals surface area contributed by atoms with E-state index in [-0.39, 0.29) is 6.42 Å². The second-order valence-corrected chi connectivity index (χ2v) is 1.92. The second-order valence-electron chi connectivity index (χ2n) is 1.92. The minimum absolute atomic E-state index is 0.131. The SMILES string of the molecule is [C-]#[N+]C1CC(C#N)OC(=O)O1. The van der Waals surface area contributed by atoms with Crippen molar-refractivity contribution < 1.29 is 14.3 Å². The van der Waals surface area contributed by atoms with Crippen molar-refractivity contribution in [3.05, 3.63) is 11.4 Å². The predicted octanol–water partition coefficient (Wildman–Crippen LogP) is 0.681. The standard InChI is InChI=1S/C6H4N2O3/c1-8-5-2-4(3-7)10-6(9)11-5/h4-5H,2H2. The lowest BCUT2D eigenvalue weighted by molar-refractivity contribution is -0.0278. The molecule has 2 atom stereocenters. The first-order valence-corrected chi connectivity index (χ1v) is 2.89. The van der Waals surface area contributed by atoms with Gasteiger partial charge in [0.1, 0.15) is 12.5 Å². The summed E-state index contributed by atoms with van der Waals surface area (Å²) in [5.74, 6) is 0. The van der Waals surface area contributed by atoms with E-state index in [4.69, 9.17) is 11.8 Å². The first kappa shape index (κ1) is 7.36. The summed E-state index contributed by atoms with van der Waals surface area (Å²) < 4.78 is 8.80. The zero-order valence-electron chi connectivity index (χ0n) is 5.48. The number of nitrogens with zero attached hydrogens (tertiary/aromatic N) is 2. The zero-order chi connectivity index (χ0) is 8.27. The van der Waals surface area contributed by atoms with Crippen LogP contribution in [-0.2, 0) is 9.47 Å². The Morgan fingerprint density at radius 2 is 2.45 bits per heavy atom. The number of hydrogen-bond donors (Lipinski definition) is 0. The minimum atomic E-state index is -0.941. The van der Waals surface area contributed by atoms with Crippen molar-refractivity contribution in [2.75, 3.05) is 0 Å². The highest BCUT2D eigenvalue weighted by Gasteiger charge is 2.33. The third kappa shape index (κ3) is 1.59. The molecular weight excluding hydrogens is 148 g/mol. The van der Waals surface area contributed by atoms with Gasteiger partial charge in [-0.1, -0.05) is 0 Å². The molecule has 1 fully saturated rings. The molecule has 1 aliphatic heterocycles. The average molecular weight is 152 g/mol. The van der Waals surface area contributed by atoms with Gasteiger partial charge in [0.05, 0.1) is 0 Å². The molecule has 1 heterocycles. The van der Waals surface area contributed by atoms with E-state index < -0.39 is 18.5 Å². The van der Waals surface area contributed by atoms with Crippen LogP contribution in [0.2, 0.25) is 0 Å². The van der Waals surface area contributed by atoms with Gasteiger partial charge in [-0.15, -0.1) is 0 Å². The maximum atomic E-state index is 10.5. The fourth-order valence-corrected chi connectivity index (χ4v) is 0.692. The van der Waals surface area contributed by atoms with Crippen LogP contribution in [0.15, 0.2) is 0 Å². The summed E-state index contributed by atoms with van der Waals surface area (Å²) in [7, 11) is 0. The van der Waals surface area contributed by atoms with Gasteiger partial charge in [-0.2, -0.15) is 5.26 Å². The number of carbonyl (C=O) groups is 1. The van der Waals surface area contributed by atoms with E-state index in [9.17, 15) is 4.79 Å². The van der Waals surface area contributed by atoms with Gasteiger partial charge in [0, 0.05) is 0 Å². The quantitative estimate of drug-likeness (QED) is 0.378. The number of cyclic esters (lactones) is 2. The van der Waals surface area contributed by atoms with Crippen LogP contribution in [0, 0.1) is 17.9 Å². The van der Waals surface area contributed by atoms with E-state index in [0.29, 0.717) is 0 Å². The van der Waals surface area contributed by atoms with Crippen LogP contribution < -0.4 is 0 Å². The molecule has 0 aliphatic carbocycles. The molecule has 0 saturated carbocycles. The van der Waals surface area contributed by atoms with E-state index >= 15 is 0 Å². The summed E-state index contributed by atoms with van der Waals surface area (Å²) in [6, 6.07) is 1.73. The topological polar surface area (TPSA) is 63.7 Å². The molecule has 1 aliphatic rings. The Kier molecular flexibility index (Phi) is 1.93. The molecule has 56 valence electrons. The summed E-state index contributed by atoms with van der Waals surface area (Å²) in [4.78, 5) is 13.4. The lowest BCUT2D eigenvalue weighted by Crippen LogP contribution is -2.31. The van der Waals surface area contributed by atoms with Crippen molar-refractivity contribution in [1.29, 1.82) is 5.26 Å². The van der Waals surface area contributed by atoms with Gasteiger partial charge in [-0.25, -0.2) is 11.4 Å². The number of carbonyl (C=O) groups excluding carboxylic acids is 1. The molecule has 0 spiro atoms. The minimum Gasteiger partial charge on any atom is -0.415 e. The zero-order valence-corrected chi connectivity index (χ0v) is 5.48. The van der Waals surface area contributed by atoms with E-state index in [1.165, 1.54) is 0 Å². The lowest BCUT2D eigenvalue weighted by atomic mass is 10.2. The van der Waals surface area contributed by atoms with Crippen molar-refractivity contribution in [2.45, 2.75) is 18.8 Å². The lowest BCUT2D eigenvalue weighted by Gasteiger charge is -2.16. The van der Waals surface area contributed by atoms with Crippen LogP contribution in [0.25, 0.3) is 4.85 Å². The molecule has 5 heteroatoms. The molecule has 2 unspecified atom stereocenters. The average Bonchev–Trinajstić information content (AvgIpc) is 2.03. The van der Waals surface area contributed by atoms with Crippen LogP contribution in [0.4, 0.5) is 4.79 Å². The van der Waals surface area contributed by atoms with Crippen molar-refractivity contribution in [3.63, 3.8) is 0 Å². The molecule has 0 N–H and O–H groups in total. The molecular formula is C6H4N2O3. The number of ether oxygens (including phenoxy) is 2. The summed E-state index contributed by atoms with van der Waals surface area (Å²) >= 11 is 0. The van der Waals surface area contributed by atoms with Gasteiger partial charge < -0.3 is 9.47 Å². The van der Waals surface area contributed by atoms with Gasteiger partial charge in [-0.05, 0) is 0 Å². The molecule has 11 heavy (non-hydrogen) atoms. The maximum absolute atomic E-state index is 10.5. The van der Waals surface area contributed by atoms with Crippen molar-refractivity contribution >= 4 is 6.16 Å². The van der Waals surface area contributed by atoms with Gasteiger partial charge in [0.15, 0.2) is 0 Å². The van der Waals surface area contributed by atoms with E-state index in [2.05, 4.69) is 14.3 Å². The number of nitriles is 1. The van der Waals surface area contributed by atoms with Crippen LogP contribution in [-0.4, -0.2) is 18.5 Å². The molecule has 0 bridgehead atoms. The molecule has 0 aromatic rings. The monoisotopic (exact) mass is 152 g/mol. The first-order valence-electron chi connectivity index (χ1n) is 2.89. The summed E-state index contributed by atoms with van der Waals surface area (Å²) in [5.41, 5.74) is 0. The summed E-state index contributed by atoms with van der Waals surface area (Å²) in [6.07, 6.45) is -2.51. The Morgan fingerprint density at radius 3 is 3.00 bits per heavy atom. The van der Waals surface area contributed by atoms with Gasteiger partial charge >= 0.3 is 12.4 Å². The molecule has 1 rings (SSSR count). The highest BCUT2D eigenvalue weighted by atomic mass is 16.7. The van der Waals surface area contributed by atoms with Crippen LogP contribution in [0.3, 0.4) is 0 Å². The molecule has 0 aromatic heterocycles. The Bertz CT molecular complexity index is 226. The van der Waals surface area contributed by atoms with Crippen molar-refractivity contribution in [3.8, 4) is 6.07 Å². The van der Waals surface area contributed by atoms with E-state index in [1.807, 2.05) is 0 Å². The van der Waals surface area contributed by atoms with Crippen molar-refractivity contribution in [2.24, 2.45) is 0 Å². The highest BCUT2D eigenvalue weighted by Crippen LogP contribution is 2.15. The van der Waals surface area contributed by atoms with Gasteiger partial charge in [0.2, 0.25) is 6.10 Å². The smallest absolute Gasteiger partial charge is 0.415 e. The third-order valence-corrected chi connectivity index (χ3v) is 1.17. The van der Waals surface area contributed by atoms with Gasteiger partial charge in [0.25, 0.3) is 0 Å². The molecule has 0 amide bonds. The maximum Gasteiger partial charge on any atom is 0.515 e. The first-order chi connectivity index (χ1) is 5.26. The Balaban J connectivity index is 2.61. The van der Waals surface area contributed by atoms with Gasteiger partial charge in [-0.3, -0.25) is 4.85 Å². The second kappa shape index (κ2) is 2.89. The van der Waals surface area contributed by atoms with Crippen LogP contribution in [0.1, 0.15) is 6.42 Å². The molecule has 0 radical (unpaired) electrons. The number of rotatable bonds is 0. The normalized spacial score (nSPS) is 29.1. The molecule has 5 nitrogen and oxygen atoms in total. The number of hydrogen-bond acceptors (Lipinski definition) is 4. The van der Waals surface area contributed by atoms with Crippen LogP contribution >= 0.6 is 0 Å². The summed E-state index contributed by atoms with van der Waals surface area (Å²) in [6.45, 7) is 6.54. The molecule has 1 saturated heterocycles. The van der Waals surface area contributed by atoms with Crippen LogP contribution in [0.5, 0.6) is 0 Å². The van der Waals surface area contributed by atoms with E-state index in [1.54, 1.807) is 6.07 Å². The Labute approximate surface area is 62.9 Å². The predicted molar refractivity (Wildman–Crippen MR) is 32.0 cm³/mol. The fraction of sp³-hybridized carbons (Fsp3) is 0.500. The Morgan fingerprint density at radius 1 is 1.73 bits per heavy atom. The van der Waals surface area contributed by atoms with E-state index in [0.717, 1.165) is 0 Å². The third-order valence-electron chi connectivity index (χ3n) is 1.17. The highest BCUT2D eigenvalue weighted by molar-refractivity contribution is 5.61. The van der Waals surface area contributed by atoms with Crippen molar-refractivity contribution in [1.82, 2.24) is 0 Å². The molecule has 0 aromatic carbocycles. The fourth-order valence-electron chi connectivity index (χ4n) is 0.692. The Hall–Kier alpha value is -1.75.